The highest BCUT2D eigenvalue weighted by Gasteiger charge is 2.18. The fraction of sp³-hybridized carbons (Fsp3) is 0.846. The molecule has 3 N–H and O–H groups in total. The summed E-state index contributed by atoms with van der Waals surface area (Å²) in [6, 6.07) is -0.632. The van der Waals surface area contributed by atoms with Gasteiger partial charge in [0.1, 0.15) is 0 Å². The number of nitrogens with one attached hydrogen (secondary N) is 1. The first-order valence-electron chi connectivity index (χ1n) is 25.3. The summed E-state index contributed by atoms with van der Waals surface area (Å²) in [6.07, 6.45) is 57.1. The number of hydrogen-bond acceptors (Lipinski definition) is 5. The number of amides is 1. The maximum absolute atomic E-state index is 12.4. The van der Waals surface area contributed by atoms with Crippen LogP contribution >= 0.6 is 0 Å². The molecular formula is C52H97NO5. The normalized spacial score (nSPS) is 13.0. The van der Waals surface area contributed by atoms with Crippen LogP contribution in [0.5, 0.6) is 0 Å². The van der Waals surface area contributed by atoms with Crippen LogP contribution in [0.2, 0.25) is 0 Å². The number of esters is 1. The molecule has 0 saturated heterocycles. The van der Waals surface area contributed by atoms with E-state index in [4.69, 9.17) is 4.74 Å². The van der Waals surface area contributed by atoms with Crippen molar-refractivity contribution in [3.63, 3.8) is 0 Å². The minimum Gasteiger partial charge on any atom is -0.466 e. The maximum Gasteiger partial charge on any atom is 0.305 e. The van der Waals surface area contributed by atoms with Crippen molar-refractivity contribution in [2.24, 2.45) is 0 Å². The van der Waals surface area contributed by atoms with Crippen LogP contribution in [0.1, 0.15) is 258 Å². The van der Waals surface area contributed by atoms with Gasteiger partial charge in [-0.3, -0.25) is 9.59 Å². The molecule has 0 heterocycles. The standard InChI is InChI=1S/C52H97NO5/c1-3-5-7-9-11-13-15-16-19-23-26-30-34-38-42-46-52(57)58-47-43-39-35-31-27-24-21-18-17-20-22-25-29-33-37-41-45-51(56)53-49(48-54)50(55)44-40-36-32-28-14-12-10-8-6-4-2/h11,13,16,19,40,44,49-50,54-55H,3-10,12,14-15,17-18,20-39,41-43,45-48H2,1-2H3,(H,53,56)/b13-11-,19-16-,44-40+. The van der Waals surface area contributed by atoms with Crippen molar-refractivity contribution in [3.05, 3.63) is 36.5 Å². The number of unbranched alkanes of at least 4 members (excludes halogenated alkanes) is 31. The Kier molecular flexibility index (Phi) is 46.2. The Morgan fingerprint density at radius 2 is 0.862 bits per heavy atom. The predicted molar refractivity (Wildman–Crippen MR) is 250 cm³/mol. The minimum atomic E-state index is -0.847. The molecule has 58 heavy (non-hydrogen) atoms. The summed E-state index contributed by atoms with van der Waals surface area (Å²) in [5, 5.41) is 22.9. The lowest BCUT2D eigenvalue weighted by molar-refractivity contribution is -0.143. The van der Waals surface area contributed by atoms with Gasteiger partial charge in [-0.1, -0.05) is 217 Å². The predicted octanol–water partition coefficient (Wildman–Crippen LogP) is 14.9. The number of allylic oxidation sites excluding steroid dienone is 5. The zero-order chi connectivity index (χ0) is 42.3. The maximum atomic E-state index is 12.4. The second-order valence-corrected chi connectivity index (χ2v) is 17.1. The molecule has 0 radical (unpaired) electrons. The van der Waals surface area contributed by atoms with Gasteiger partial charge >= 0.3 is 5.97 Å². The van der Waals surface area contributed by atoms with Crippen LogP contribution in [0.15, 0.2) is 36.5 Å². The Morgan fingerprint density at radius 3 is 1.34 bits per heavy atom. The van der Waals surface area contributed by atoms with Gasteiger partial charge in [0.05, 0.1) is 25.4 Å². The lowest BCUT2D eigenvalue weighted by Crippen LogP contribution is -2.45. The molecule has 0 aromatic rings. The van der Waals surface area contributed by atoms with E-state index in [-0.39, 0.29) is 18.5 Å². The lowest BCUT2D eigenvalue weighted by Gasteiger charge is -2.20. The van der Waals surface area contributed by atoms with E-state index < -0.39 is 12.1 Å². The number of carbonyl (C=O) groups is 2. The molecule has 0 aliphatic carbocycles. The molecule has 0 bridgehead atoms. The fourth-order valence-electron chi connectivity index (χ4n) is 7.49. The van der Waals surface area contributed by atoms with Gasteiger partial charge in [0, 0.05) is 12.8 Å². The first-order chi connectivity index (χ1) is 28.5. The number of hydrogen-bond donors (Lipinski definition) is 3. The van der Waals surface area contributed by atoms with Crippen LogP contribution in [-0.4, -0.2) is 47.4 Å². The molecule has 0 rings (SSSR count). The molecule has 0 fully saturated rings. The van der Waals surface area contributed by atoms with E-state index in [0.717, 1.165) is 57.8 Å². The highest BCUT2D eigenvalue weighted by molar-refractivity contribution is 5.76. The quantitative estimate of drug-likeness (QED) is 0.0323. The largest absolute Gasteiger partial charge is 0.466 e. The molecule has 1 amide bonds. The second-order valence-electron chi connectivity index (χ2n) is 17.1. The Balaban J connectivity index is 3.44. The summed E-state index contributed by atoms with van der Waals surface area (Å²) >= 11 is 0. The molecule has 2 atom stereocenters. The van der Waals surface area contributed by atoms with Gasteiger partial charge < -0.3 is 20.3 Å². The van der Waals surface area contributed by atoms with Gasteiger partial charge in [-0.05, 0) is 64.2 Å². The third kappa shape index (κ3) is 43.7. The van der Waals surface area contributed by atoms with Crippen LogP contribution in [-0.2, 0) is 14.3 Å². The molecule has 6 nitrogen and oxygen atoms in total. The number of ether oxygens (including phenoxy) is 1. The van der Waals surface area contributed by atoms with Gasteiger partial charge in [0.2, 0.25) is 5.91 Å². The molecule has 0 saturated carbocycles. The summed E-state index contributed by atoms with van der Waals surface area (Å²) in [5.74, 6) is -0.0909. The van der Waals surface area contributed by atoms with Crippen LogP contribution in [0.3, 0.4) is 0 Å². The van der Waals surface area contributed by atoms with Gasteiger partial charge in [-0.2, -0.15) is 0 Å². The Labute approximate surface area is 360 Å². The van der Waals surface area contributed by atoms with Gasteiger partial charge in [0.25, 0.3) is 0 Å². The van der Waals surface area contributed by atoms with E-state index in [1.807, 2.05) is 6.08 Å². The van der Waals surface area contributed by atoms with E-state index in [1.54, 1.807) is 6.08 Å². The van der Waals surface area contributed by atoms with Crippen LogP contribution in [0, 0.1) is 0 Å². The number of carbonyl (C=O) groups excluding carboxylic acids is 2. The lowest BCUT2D eigenvalue weighted by atomic mass is 10.0. The van der Waals surface area contributed by atoms with Crippen molar-refractivity contribution in [2.75, 3.05) is 13.2 Å². The number of aliphatic hydroxyl groups excluding tert-OH is 2. The second kappa shape index (κ2) is 47.8. The molecule has 0 spiro atoms. The van der Waals surface area contributed by atoms with Crippen molar-refractivity contribution in [3.8, 4) is 0 Å². The van der Waals surface area contributed by atoms with Crippen molar-refractivity contribution in [1.29, 1.82) is 0 Å². The Hall–Kier alpha value is -1.92. The molecule has 340 valence electrons. The highest BCUT2D eigenvalue weighted by atomic mass is 16.5. The topological polar surface area (TPSA) is 95.9 Å². The van der Waals surface area contributed by atoms with Crippen molar-refractivity contribution >= 4 is 11.9 Å². The van der Waals surface area contributed by atoms with E-state index in [0.29, 0.717) is 19.4 Å². The van der Waals surface area contributed by atoms with Gasteiger partial charge in [0.15, 0.2) is 0 Å². The van der Waals surface area contributed by atoms with Gasteiger partial charge in [-0.25, -0.2) is 0 Å². The SMILES string of the molecule is CCCCC/C=C\C/C=C\CCCCCCCC(=O)OCCCCCCCCCCCCCCCCCCC(=O)NC(CO)C(O)/C=C/CCCCCCCCCC. The monoisotopic (exact) mass is 816 g/mol. The zero-order valence-electron chi connectivity index (χ0n) is 38.5. The van der Waals surface area contributed by atoms with Crippen LogP contribution < -0.4 is 5.32 Å². The van der Waals surface area contributed by atoms with E-state index in [2.05, 4.69) is 43.5 Å². The Morgan fingerprint density at radius 1 is 0.483 bits per heavy atom. The first-order valence-corrected chi connectivity index (χ1v) is 25.3. The van der Waals surface area contributed by atoms with Crippen LogP contribution in [0.4, 0.5) is 0 Å². The summed E-state index contributed by atoms with van der Waals surface area (Å²) in [4.78, 5) is 24.4. The number of rotatable bonds is 46. The first kappa shape index (κ1) is 56.1. The third-order valence-electron chi connectivity index (χ3n) is 11.4. The summed E-state index contributed by atoms with van der Waals surface area (Å²) < 4.78 is 5.46. The Bertz CT molecular complexity index is 946. The van der Waals surface area contributed by atoms with E-state index in [1.165, 1.54) is 173 Å². The summed E-state index contributed by atoms with van der Waals surface area (Å²) in [7, 11) is 0. The summed E-state index contributed by atoms with van der Waals surface area (Å²) in [6.45, 7) is 4.83. The molecule has 0 aromatic heterocycles. The molecule has 0 aromatic carbocycles. The molecular weight excluding hydrogens is 719 g/mol. The third-order valence-corrected chi connectivity index (χ3v) is 11.4. The van der Waals surface area contributed by atoms with Crippen molar-refractivity contribution in [1.82, 2.24) is 5.32 Å². The van der Waals surface area contributed by atoms with E-state index >= 15 is 0 Å². The van der Waals surface area contributed by atoms with E-state index in [9.17, 15) is 19.8 Å². The number of aliphatic hydroxyl groups is 2. The summed E-state index contributed by atoms with van der Waals surface area (Å²) in [5.41, 5.74) is 0. The van der Waals surface area contributed by atoms with Crippen LogP contribution in [0.25, 0.3) is 0 Å². The van der Waals surface area contributed by atoms with Crippen molar-refractivity contribution < 1.29 is 24.5 Å². The molecule has 0 aliphatic rings. The van der Waals surface area contributed by atoms with Crippen molar-refractivity contribution in [2.45, 2.75) is 270 Å². The molecule has 2 unspecified atom stereocenters. The zero-order valence-corrected chi connectivity index (χ0v) is 38.5. The minimum absolute atomic E-state index is 0.0128. The molecule has 0 aliphatic heterocycles. The fourth-order valence-corrected chi connectivity index (χ4v) is 7.49. The molecule has 6 heteroatoms. The average molecular weight is 816 g/mol. The smallest absolute Gasteiger partial charge is 0.305 e. The highest BCUT2D eigenvalue weighted by Crippen LogP contribution is 2.15. The van der Waals surface area contributed by atoms with Gasteiger partial charge in [-0.15, -0.1) is 0 Å². The average Bonchev–Trinajstić information content (AvgIpc) is 3.22.